The molecule has 0 spiro atoms. The summed E-state index contributed by atoms with van der Waals surface area (Å²) in [6, 6.07) is 5.26. The number of nitrogens with two attached hydrogens (primary N) is 1. The molecule has 2 N–H and O–H groups in total. The van der Waals surface area contributed by atoms with Gasteiger partial charge in [-0.15, -0.1) is 0 Å². The predicted octanol–water partition coefficient (Wildman–Crippen LogP) is 2.17. The second-order valence-corrected chi connectivity index (χ2v) is 4.72. The minimum Gasteiger partial charge on any atom is -0.398 e. The van der Waals surface area contributed by atoms with Gasteiger partial charge in [-0.05, 0) is 18.6 Å². The minimum absolute atomic E-state index is 0.0672. The van der Waals surface area contributed by atoms with E-state index in [1.165, 1.54) is 0 Å². The third-order valence-electron chi connectivity index (χ3n) is 3.22. The first-order valence-electron chi connectivity index (χ1n) is 6.07. The van der Waals surface area contributed by atoms with Crippen LogP contribution in [-0.2, 0) is 4.74 Å². The third-order valence-corrected chi connectivity index (χ3v) is 3.64. The Morgan fingerprint density at radius 2 is 2.39 bits per heavy atom. The molecule has 0 radical (unpaired) electrons. The summed E-state index contributed by atoms with van der Waals surface area (Å²) < 4.78 is 5.39. The fourth-order valence-corrected chi connectivity index (χ4v) is 2.34. The number of nitrogen functional groups attached to an aromatic ring is 1. The molecule has 1 aliphatic heterocycles. The predicted molar refractivity (Wildman–Crippen MR) is 71.8 cm³/mol. The van der Waals surface area contributed by atoms with E-state index in [1.807, 2.05) is 11.8 Å². The van der Waals surface area contributed by atoms with Crippen LogP contribution in [0.4, 0.5) is 5.69 Å². The monoisotopic (exact) mass is 268 g/mol. The fraction of sp³-hybridized carbons (Fsp3) is 0.462. The molecule has 0 aliphatic carbocycles. The van der Waals surface area contributed by atoms with Gasteiger partial charge in [-0.3, -0.25) is 4.79 Å². The van der Waals surface area contributed by atoms with Gasteiger partial charge in [0.05, 0.1) is 35.5 Å². The highest BCUT2D eigenvalue weighted by Gasteiger charge is 2.28. The number of amides is 1. The van der Waals surface area contributed by atoms with Crippen LogP contribution in [0.15, 0.2) is 18.2 Å². The van der Waals surface area contributed by atoms with Crippen LogP contribution >= 0.6 is 11.6 Å². The number of carbonyl (C=O) groups is 1. The summed E-state index contributed by atoms with van der Waals surface area (Å²) in [5.74, 6) is -0.0672. The van der Waals surface area contributed by atoms with Crippen molar-refractivity contribution in [3.05, 3.63) is 28.8 Å². The van der Waals surface area contributed by atoms with Gasteiger partial charge in [0.2, 0.25) is 0 Å². The van der Waals surface area contributed by atoms with Crippen LogP contribution in [0.1, 0.15) is 23.7 Å². The van der Waals surface area contributed by atoms with Crippen LogP contribution in [0.25, 0.3) is 0 Å². The molecule has 1 aliphatic rings. The van der Waals surface area contributed by atoms with Crippen LogP contribution in [0.3, 0.4) is 0 Å². The Morgan fingerprint density at radius 1 is 1.61 bits per heavy atom. The summed E-state index contributed by atoms with van der Waals surface area (Å²) in [6.45, 7) is 3.80. The summed E-state index contributed by atoms with van der Waals surface area (Å²) >= 11 is 6.09. The number of morpholine rings is 1. The Balaban J connectivity index is 2.27. The molecule has 1 atom stereocenters. The van der Waals surface area contributed by atoms with E-state index < -0.39 is 0 Å². The van der Waals surface area contributed by atoms with Gasteiger partial charge in [0.25, 0.3) is 5.91 Å². The van der Waals surface area contributed by atoms with Gasteiger partial charge in [-0.2, -0.15) is 0 Å². The van der Waals surface area contributed by atoms with Crippen molar-refractivity contribution in [3.8, 4) is 0 Å². The van der Waals surface area contributed by atoms with Crippen molar-refractivity contribution in [2.45, 2.75) is 19.4 Å². The standard InChI is InChI=1S/C13H17ClN2O2/c1-2-9-8-18-7-6-16(9)13(17)10-4-3-5-11(15)12(10)14/h3-5,9H,2,6-8,15H2,1H3. The summed E-state index contributed by atoms with van der Waals surface area (Å²) in [4.78, 5) is 14.3. The van der Waals surface area contributed by atoms with E-state index in [9.17, 15) is 4.79 Å². The molecule has 98 valence electrons. The lowest BCUT2D eigenvalue weighted by Crippen LogP contribution is -2.48. The molecular formula is C13H17ClN2O2. The van der Waals surface area contributed by atoms with E-state index in [0.29, 0.717) is 36.0 Å². The first-order valence-corrected chi connectivity index (χ1v) is 6.45. The second kappa shape index (κ2) is 5.59. The second-order valence-electron chi connectivity index (χ2n) is 4.34. The van der Waals surface area contributed by atoms with Crippen molar-refractivity contribution in [2.24, 2.45) is 0 Å². The van der Waals surface area contributed by atoms with E-state index in [2.05, 4.69) is 0 Å². The minimum atomic E-state index is -0.0672. The number of halogens is 1. The number of ether oxygens (including phenoxy) is 1. The number of benzene rings is 1. The molecule has 4 nitrogen and oxygen atoms in total. The first-order chi connectivity index (χ1) is 8.65. The van der Waals surface area contributed by atoms with Gasteiger partial charge in [-0.1, -0.05) is 24.6 Å². The largest absolute Gasteiger partial charge is 0.398 e. The van der Waals surface area contributed by atoms with Crippen molar-refractivity contribution in [1.82, 2.24) is 4.90 Å². The molecular weight excluding hydrogens is 252 g/mol. The number of rotatable bonds is 2. The Labute approximate surface area is 112 Å². The van der Waals surface area contributed by atoms with Crippen molar-refractivity contribution >= 4 is 23.2 Å². The maximum Gasteiger partial charge on any atom is 0.255 e. The Morgan fingerprint density at radius 3 is 3.11 bits per heavy atom. The Hall–Kier alpha value is -1.26. The van der Waals surface area contributed by atoms with Crippen LogP contribution in [0, 0.1) is 0 Å². The zero-order valence-electron chi connectivity index (χ0n) is 10.4. The van der Waals surface area contributed by atoms with Crippen molar-refractivity contribution < 1.29 is 9.53 Å². The van der Waals surface area contributed by atoms with Crippen LogP contribution in [0.5, 0.6) is 0 Å². The van der Waals surface area contributed by atoms with Crippen molar-refractivity contribution in [3.63, 3.8) is 0 Å². The normalized spacial score (nSPS) is 19.9. The molecule has 0 saturated carbocycles. The fourth-order valence-electron chi connectivity index (χ4n) is 2.13. The first kappa shape index (κ1) is 13.2. The van der Waals surface area contributed by atoms with E-state index >= 15 is 0 Å². The molecule has 1 saturated heterocycles. The highest BCUT2D eigenvalue weighted by atomic mass is 35.5. The number of carbonyl (C=O) groups excluding carboxylic acids is 1. The van der Waals surface area contributed by atoms with Crippen LogP contribution < -0.4 is 5.73 Å². The summed E-state index contributed by atoms with van der Waals surface area (Å²) in [6.07, 6.45) is 0.867. The third kappa shape index (κ3) is 2.44. The molecule has 1 aromatic carbocycles. The van der Waals surface area contributed by atoms with Crippen molar-refractivity contribution in [1.29, 1.82) is 0 Å². The summed E-state index contributed by atoms with van der Waals surface area (Å²) in [7, 11) is 0. The summed E-state index contributed by atoms with van der Waals surface area (Å²) in [5, 5.41) is 0.337. The maximum atomic E-state index is 12.5. The molecule has 18 heavy (non-hydrogen) atoms. The number of anilines is 1. The molecule has 0 aromatic heterocycles. The van der Waals surface area contributed by atoms with E-state index in [0.717, 1.165) is 6.42 Å². The quantitative estimate of drug-likeness (QED) is 0.837. The van der Waals surface area contributed by atoms with Crippen LogP contribution in [-0.4, -0.2) is 36.6 Å². The van der Waals surface area contributed by atoms with Gasteiger partial charge in [-0.25, -0.2) is 0 Å². The maximum absolute atomic E-state index is 12.5. The smallest absolute Gasteiger partial charge is 0.255 e. The lowest BCUT2D eigenvalue weighted by Gasteiger charge is -2.35. The topological polar surface area (TPSA) is 55.6 Å². The summed E-state index contributed by atoms with van der Waals surface area (Å²) in [5.41, 5.74) is 6.63. The van der Waals surface area contributed by atoms with E-state index in [4.69, 9.17) is 22.1 Å². The average Bonchev–Trinajstić information content (AvgIpc) is 2.41. The Bertz CT molecular complexity index is 451. The lowest BCUT2D eigenvalue weighted by molar-refractivity contribution is -0.00278. The molecule has 1 aromatic rings. The average molecular weight is 269 g/mol. The highest BCUT2D eigenvalue weighted by Crippen LogP contribution is 2.25. The van der Waals surface area contributed by atoms with Crippen LogP contribution in [0.2, 0.25) is 5.02 Å². The van der Waals surface area contributed by atoms with Gasteiger partial charge < -0.3 is 15.4 Å². The SMILES string of the molecule is CCC1COCCN1C(=O)c1cccc(N)c1Cl. The molecule has 1 fully saturated rings. The number of hydrogen-bond donors (Lipinski definition) is 1. The van der Waals surface area contributed by atoms with E-state index in [1.54, 1.807) is 18.2 Å². The van der Waals surface area contributed by atoms with Gasteiger partial charge >= 0.3 is 0 Å². The Kier molecular flexibility index (Phi) is 4.09. The number of hydrogen-bond acceptors (Lipinski definition) is 3. The van der Waals surface area contributed by atoms with Gasteiger partial charge in [0.1, 0.15) is 0 Å². The van der Waals surface area contributed by atoms with Gasteiger partial charge in [0, 0.05) is 6.54 Å². The zero-order chi connectivity index (χ0) is 13.1. The molecule has 1 heterocycles. The van der Waals surface area contributed by atoms with Gasteiger partial charge in [0.15, 0.2) is 0 Å². The molecule has 0 bridgehead atoms. The number of nitrogens with zero attached hydrogens (tertiary/aromatic N) is 1. The lowest BCUT2D eigenvalue weighted by atomic mass is 10.1. The molecule has 1 amide bonds. The van der Waals surface area contributed by atoms with Crippen molar-refractivity contribution in [2.75, 3.05) is 25.5 Å². The molecule has 5 heteroatoms. The zero-order valence-corrected chi connectivity index (χ0v) is 11.1. The van der Waals surface area contributed by atoms with E-state index in [-0.39, 0.29) is 11.9 Å². The molecule has 2 rings (SSSR count). The molecule has 1 unspecified atom stereocenters. The highest BCUT2D eigenvalue weighted by molar-refractivity contribution is 6.36.